The number of nitrogens with two attached hydrogens (primary N) is 1. The van der Waals surface area contributed by atoms with Gasteiger partial charge in [-0.15, -0.1) is 0 Å². The van der Waals surface area contributed by atoms with Crippen LogP contribution in [0, 0.1) is 0 Å². The van der Waals surface area contributed by atoms with E-state index in [0.29, 0.717) is 4.90 Å². The molecule has 2 N–H and O–H groups in total. The van der Waals surface area contributed by atoms with Crippen LogP contribution in [-0.4, -0.2) is 40.9 Å². The number of carbonyl (C=O) groups excluding carboxylic acids is 2. The van der Waals surface area contributed by atoms with Gasteiger partial charge in [0.2, 0.25) is 0 Å². The fourth-order valence-corrected chi connectivity index (χ4v) is 2.14. The second-order valence-electron chi connectivity index (χ2n) is 8.37. The molecule has 0 saturated heterocycles. The van der Waals surface area contributed by atoms with Crippen LogP contribution < -0.4 is 5.73 Å². The Morgan fingerprint density at radius 1 is 1.00 bits per heavy atom. The van der Waals surface area contributed by atoms with Gasteiger partial charge in [-0.3, -0.25) is 4.90 Å². The molecule has 1 amide bonds. The zero-order valence-corrected chi connectivity index (χ0v) is 16.9. The lowest BCUT2D eigenvalue weighted by atomic mass is 10.1. The standard InChI is InChI=1S/C19H27F3N2O4/c1-17(2,3)27-15(25)12-7-8-14(23)13(9-12)10-24(11-19(20,21)22)16(26)28-18(4,5)6/h7-9H,10-11,23H2,1-6H3. The number of hydrogen-bond acceptors (Lipinski definition) is 5. The fourth-order valence-electron chi connectivity index (χ4n) is 2.14. The summed E-state index contributed by atoms with van der Waals surface area (Å²) in [5, 5.41) is 0. The molecule has 0 bridgehead atoms. The predicted octanol–water partition coefficient (Wildman–Crippen LogP) is 4.52. The van der Waals surface area contributed by atoms with Gasteiger partial charge in [0, 0.05) is 5.69 Å². The highest BCUT2D eigenvalue weighted by Crippen LogP contribution is 2.24. The average molecular weight is 404 g/mol. The molecule has 0 aliphatic heterocycles. The molecule has 0 unspecified atom stereocenters. The first-order valence-corrected chi connectivity index (χ1v) is 8.63. The molecule has 1 aromatic carbocycles. The molecule has 158 valence electrons. The first-order chi connectivity index (χ1) is 12.5. The van der Waals surface area contributed by atoms with E-state index in [4.69, 9.17) is 15.2 Å². The highest BCUT2D eigenvalue weighted by molar-refractivity contribution is 5.90. The molecule has 0 saturated carbocycles. The van der Waals surface area contributed by atoms with Crippen LogP contribution in [0.5, 0.6) is 0 Å². The van der Waals surface area contributed by atoms with Crippen LogP contribution in [-0.2, 0) is 16.0 Å². The van der Waals surface area contributed by atoms with Crippen LogP contribution in [0.25, 0.3) is 0 Å². The zero-order chi connectivity index (χ0) is 21.9. The number of amides is 1. The van der Waals surface area contributed by atoms with E-state index in [0.717, 1.165) is 0 Å². The van der Waals surface area contributed by atoms with Crippen molar-refractivity contribution in [1.29, 1.82) is 0 Å². The van der Waals surface area contributed by atoms with Crippen molar-refractivity contribution in [1.82, 2.24) is 4.90 Å². The number of nitrogen functional groups attached to an aromatic ring is 1. The number of esters is 1. The van der Waals surface area contributed by atoms with E-state index in [1.165, 1.54) is 18.2 Å². The maximum Gasteiger partial charge on any atom is 0.410 e. The van der Waals surface area contributed by atoms with E-state index in [1.807, 2.05) is 0 Å². The summed E-state index contributed by atoms with van der Waals surface area (Å²) in [6.07, 6.45) is -5.76. The minimum Gasteiger partial charge on any atom is -0.456 e. The number of nitrogens with zero attached hydrogens (tertiary/aromatic N) is 1. The number of anilines is 1. The van der Waals surface area contributed by atoms with Crippen LogP contribution in [0.4, 0.5) is 23.7 Å². The van der Waals surface area contributed by atoms with Crippen molar-refractivity contribution in [2.45, 2.75) is 65.5 Å². The number of halogens is 3. The Kier molecular flexibility index (Phi) is 6.98. The van der Waals surface area contributed by atoms with Gasteiger partial charge in [0.15, 0.2) is 0 Å². The van der Waals surface area contributed by atoms with Crippen LogP contribution >= 0.6 is 0 Å². The molecule has 1 aromatic rings. The van der Waals surface area contributed by atoms with Crippen LogP contribution in [0.3, 0.4) is 0 Å². The Balaban J connectivity index is 3.15. The first kappa shape index (κ1) is 23.6. The van der Waals surface area contributed by atoms with Crippen LogP contribution in [0.15, 0.2) is 18.2 Å². The van der Waals surface area contributed by atoms with E-state index < -0.39 is 42.5 Å². The van der Waals surface area contributed by atoms with Gasteiger partial charge >= 0.3 is 18.2 Å². The molecule has 1 rings (SSSR count). The Bertz CT molecular complexity index is 719. The lowest BCUT2D eigenvalue weighted by molar-refractivity contribution is -0.145. The van der Waals surface area contributed by atoms with E-state index in [9.17, 15) is 22.8 Å². The van der Waals surface area contributed by atoms with Gasteiger partial charge in [-0.2, -0.15) is 13.2 Å². The van der Waals surface area contributed by atoms with Crippen molar-refractivity contribution in [2.75, 3.05) is 12.3 Å². The summed E-state index contributed by atoms with van der Waals surface area (Å²) in [4.78, 5) is 24.9. The predicted molar refractivity (Wildman–Crippen MR) is 98.7 cm³/mol. The van der Waals surface area contributed by atoms with Gasteiger partial charge in [-0.25, -0.2) is 9.59 Å². The Hall–Kier alpha value is -2.45. The molecule has 28 heavy (non-hydrogen) atoms. The van der Waals surface area contributed by atoms with E-state index in [1.54, 1.807) is 41.5 Å². The molecule has 9 heteroatoms. The third-order valence-corrected chi connectivity index (χ3v) is 3.16. The topological polar surface area (TPSA) is 81.9 Å². The molecule has 0 heterocycles. The third-order valence-electron chi connectivity index (χ3n) is 3.16. The van der Waals surface area contributed by atoms with E-state index >= 15 is 0 Å². The highest BCUT2D eigenvalue weighted by Gasteiger charge is 2.35. The lowest BCUT2D eigenvalue weighted by Crippen LogP contribution is -2.41. The molecule has 0 aliphatic rings. The summed E-state index contributed by atoms with van der Waals surface area (Å²) in [6, 6.07) is 4.11. The van der Waals surface area contributed by atoms with Crippen molar-refractivity contribution in [3.63, 3.8) is 0 Å². The number of hydrogen-bond donors (Lipinski definition) is 1. The molecule has 0 spiro atoms. The molecule has 0 atom stereocenters. The minimum atomic E-state index is -4.63. The zero-order valence-electron chi connectivity index (χ0n) is 16.9. The number of rotatable bonds is 4. The van der Waals surface area contributed by atoms with Crippen molar-refractivity contribution < 1.29 is 32.2 Å². The van der Waals surface area contributed by atoms with Crippen molar-refractivity contribution in [3.8, 4) is 0 Å². The quantitative estimate of drug-likeness (QED) is 0.589. The maximum atomic E-state index is 12.9. The third kappa shape index (κ3) is 8.49. The number of alkyl halides is 3. The first-order valence-electron chi connectivity index (χ1n) is 8.63. The second kappa shape index (κ2) is 8.28. The molecular formula is C19H27F3N2O4. The van der Waals surface area contributed by atoms with Crippen molar-refractivity contribution >= 4 is 17.7 Å². The lowest BCUT2D eigenvalue weighted by Gasteiger charge is -2.28. The summed E-state index contributed by atoms with van der Waals surface area (Å²) in [6.45, 7) is 7.73. The average Bonchev–Trinajstić information content (AvgIpc) is 2.43. The van der Waals surface area contributed by atoms with Gasteiger partial charge in [0.05, 0.1) is 12.1 Å². The fraction of sp³-hybridized carbons (Fsp3) is 0.579. The Labute approximate surface area is 162 Å². The molecular weight excluding hydrogens is 377 g/mol. The Morgan fingerprint density at radius 2 is 1.54 bits per heavy atom. The highest BCUT2D eigenvalue weighted by atomic mass is 19.4. The van der Waals surface area contributed by atoms with Crippen LogP contribution in [0.1, 0.15) is 57.5 Å². The van der Waals surface area contributed by atoms with E-state index in [2.05, 4.69) is 0 Å². The SMILES string of the molecule is CC(C)(C)OC(=O)c1ccc(N)c(CN(CC(F)(F)F)C(=O)OC(C)(C)C)c1. The monoisotopic (exact) mass is 404 g/mol. The van der Waals surface area contributed by atoms with Crippen molar-refractivity contribution in [2.24, 2.45) is 0 Å². The maximum absolute atomic E-state index is 12.9. The van der Waals surface area contributed by atoms with Crippen molar-refractivity contribution in [3.05, 3.63) is 29.3 Å². The summed E-state index contributed by atoms with van der Waals surface area (Å²) >= 11 is 0. The smallest absolute Gasteiger partial charge is 0.410 e. The number of carbonyl (C=O) groups is 2. The van der Waals surface area contributed by atoms with Gasteiger partial charge < -0.3 is 15.2 Å². The molecule has 0 aromatic heterocycles. The largest absolute Gasteiger partial charge is 0.456 e. The van der Waals surface area contributed by atoms with Gasteiger partial charge in [-0.1, -0.05) is 0 Å². The van der Waals surface area contributed by atoms with Crippen LogP contribution in [0.2, 0.25) is 0 Å². The van der Waals surface area contributed by atoms with Gasteiger partial charge in [-0.05, 0) is 65.3 Å². The summed E-state index contributed by atoms with van der Waals surface area (Å²) in [5.74, 6) is -0.645. The Morgan fingerprint density at radius 3 is 2.00 bits per heavy atom. The number of benzene rings is 1. The summed E-state index contributed by atoms with van der Waals surface area (Å²) in [5.41, 5.74) is 4.58. The normalized spacial score (nSPS) is 12.5. The van der Waals surface area contributed by atoms with E-state index in [-0.39, 0.29) is 16.8 Å². The second-order valence-corrected chi connectivity index (χ2v) is 8.37. The molecule has 0 radical (unpaired) electrons. The molecule has 0 fully saturated rings. The summed E-state index contributed by atoms with van der Waals surface area (Å²) in [7, 11) is 0. The van der Waals surface area contributed by atoms with Gasteiger partial charge in [0.1, 0.15) is 17.7 Å². The summed E-state index contributed by atoms with van der Waals surface area (Å²) < 4.78 is 49.1. The molecule has 6 nitrogen and oxygen atoms in total. The molecule has 0 aliphatic carbocycles. The number of ether oxygens (including phenoxy) is 2. The van der Waals surface area contributed by atoms with Gasteiger partial charge in [0.25, 0.3) is 0 Å². The minimum absolute atomic E-state index is 0.121.